The van der Waals surface area contributed by atoms with Crippen LogP contribution in [0.3, 0.4) is 0 Å². The monoisotopic (exact) mass is 251 g/mol. The summed E-state index contributed by atoms with van der Waals surface area (Å²) in [6.07, 6.45) is 1.50. The van der Waals surface area contributed by atoms with Crippen molar-refractivity contribution >= 4 is 22.4 Å². The number of hydrogen-bond donors (Lipinski definition) is 2. The molecular formula is C10H13N5OS. The zero-order valence-electron chi connectivity index (χ0n) is 9.81. The number of aromatic nitrogens is 4. The standard InChI is InChI=1S/C10H13N5OS/c1-5(2)9-14-15-10(17-9)13-8(16)7-4-11-6(3)12-7/h4-5H,1-3H3,(H,11,12)(H,13,15,16). The van der Waals surface area contributed by atoms with Crippen LogP contribution in [-0.4, -0.2) is 26.1 Å². The van der Waals surface area contributed by atoms with E-state index in [0.717, 1.165) is 5.01 Å². The minimum Gasteiger partial charge on any atom is -0.338 e. The highest BCUT2D eigenvalue weighted by Crippen LogP contribution is 2.22. The van der Waals surface area contributed by atoms with Gasteiger partial charge in [-0.15, -0.1) is 10.2 Å². The van der Waals surface area contributed by atoms with Gasteiger partial charge in [0.2, 0.25) is 5.13 Å². The van der Waals surface area contributed by atoms with Crippen LogP contribution in [0.25, 0.3) is 0 Å². The smallest absolute Gasteiger partial charge is 0.275 e. The van der Waals surface area contributed by atoms with E-state index >= 15 is 0 Å². The van der Waals surface area contributed by atoms with Gasteiger partial charge in [0.05, 0.1) is 6.20 Å². The quantitative estimate of drug-likeness (QED) is 0.873. The van der Waals surface area contributed by atoms with E-state index in [0.29, 0.717) is 22.6 Å². The Balaban J connectivity index is 2.07. The lowest BCUT2D eigenvalue weighted by Gasteiger charge is -1.97. The van der Waals surface area contributed by atoms with Crippen molar-refractivity contribution < 1.29 is 4.79 Å². The number of rotatable bonds is 3. The van der Waals surface area contributed by atoms with Gasteiger partial charge < -0.3 is 4.98 Å². The first-order valence-corrected chi connectivity index (χ1v) is 6.04. The number of anilines is 1. The zero-order chi connectivity index (χ0) is 12.4. The van der Waals surface area contributed by atoms with Gasteiger partial charge in [-0.1, -0.05) is 25.2 Å². The number of aryl methyl sites for hydroxylation is 1. The average Bonchev–Trinajstić information content (AvgIpc) is 2.86. The molecule has 2 N–H and O–H groups in total. The highest BCUT2D eigenvalue weighted by molar-refractivity contribution is 7.15. The lowest BCUT2D eigenvalue weighted by atomic mass is 10.2. The van der Waals surface area contributed by atoms with Crippen LogP contribution in [0.5, 0.6) is 0 Å². The molecule has 0 aliphatic rings. The number of H-pyrrole nitrogens is 1. The second-order valence-electron chi connectivity index (χ2n) is 3.94. The molecule has 0 fully saturated rings. The van der Waals surface area contributed by atoms with E-state index in [1.807, 2.05) is 13.8 Å². The van der Waals surface area contributed by atoms with Crippen molar-refractivity contribution in [2.75, 3.05) is 5.32 Å². The Morgan fingerprint density at radius 2 is 2.24 bits per heavy atom. The average molecular weight is 251 g/mol. The lowest BCUT2D eigenvalue weighted by molar-refractivity contribution is 0.102. The topological polar surface area (TPSA) is 83.6 Å². The Bertz CT molecular complexity index is 530. The largest absolute Gasteiger partial charge is 0.338 e. The van der Waals surface area contributed by atoms with Crippen LogP contribution in [-0.2, 0) is 0 Å². The Labute approximate surface area is 103 Å². The maximum atomic E-state index is 11.8. The van der Waals surface area contributed by atoms with Crippen LogP contribution < -0.4 is 5.32 Å². The van der Waals surface area contributed by atoms with Crippen molar-refractivity contribution in [3.63, 3.8) is 0 Å². The molecule has 1 amide bonds. The minimum absolute atomic E-state index is 0.253. The Morgan fingerprint density at radius 3 is 2.76 bits per heavy atom. The third kappa shape index (κ3) is 2.68. The molecule has 2 aromatic heterocycles. The van der Waals surface area contributed by atoms with Crippen molar-refractivity contribution in [3.05, 3.63) is 22.7 Å². The highest BCUT2D eigenvalue weighted by atomic mass is 32.1. The molecule has 2 aromatic rings. The minimum atomic E-state index is -0.253. The second-order valence-corrected chi connectivity index (χ2v) is 4.95. The van der Waals surface area contributed by atoms with Gasteiger partial charge in [-0.2, -0.15) is 0 Å². The molecule has 2 rings (SSSR count). The summed E-state index contributed by atoms with van der Waals surface area (Å²) in [5.74, 6) is 0.764. The van der Waals surface area contributed by atoms with Crippen LogP contribution >= 0.6 is 11.3 Å². The first-order valence-electron chi connectivity index (χ1n) is 5.22. The molecule has 0 spiro atoms. The van der Waals surface area contributed by atoms with Crippen LogP contribution in [0.4, 0.5) is 5.13 Å². The van der Waals surface area contributed by atoms with Crippen LogP contribution in [0, 0.1) is 6.92 Å². The summed E-state index contributed by atoms with van der Waals surface area (Å²) in [6, 6.07) is 0. The predicted molar refractivity (Wildman–Crippen MR) is 65.3 cm³/mol. The molecule has 0 radical (unpaired) electrons. The number of amides is 1. The molecule has 0 aliphatic heterocycles. The van der Waals surface area contributed by atoms with Gasteiger partial charge in [-0.3, -0.25) is 10.1 Å². The number of imidazole rings is 1. The van der Waals surface area contributed by atoms with Gasteiger partial charge in [0, 0.05) is 5.92 Å². The molecule has 6 nitrogen and oxygen atoms in total. The summed E-state index contributed by atoms with van der Waals surface area (Å²) in [5, 5.41) is 12.0. The maximum Gasteiger partial charge on any atom is 0.275 e. The molecular weight excluding hydrogens is 238 g/mol. The fraction of sp³-hybridized carbons (Fsp3) is 0.400. The van der Waals surface area contributed by atoms with Gasteiger partial charge in [-0.05, 0) is 6.92 Å². The Morgan fingerprint density at radius 1 is 1.47 bits per heavy atom. The fourth-order valence-corrected chi connectivity index (χ4v) is 1.96. The zero-order valence-corrected chi connectivity index (χ0v) is 10.6. The van der Waals surface area contributed by atoms with Gasteiger partial charge in [0.1, 0.15) is 16.5 Å². The summed E-state index contributed by atoms with van der Waals surface area (Å²) in [4.78, 5) is 18.6. The molecule has 0 bridgehead atoms. The van der Waals surface area contributed by atoms with Gasteiger partial charge in [-0.25, -0.2) is 4.98 Å². The summed E-state index contributed by atoms with van der Waals surface area (Å²) >= 11 is 1.38. The summed E-state index contributed by atoms with van der Waals surface area (Å²) in [6.45, 7) is 5.85. The fourth-order valence-electron chi connectivity index (χ4n) is 1.22. The number of nitrogens with zero attached hydrogens (tertiary/aromatic N) is 3. The Hall–Kier alpha value is -1.76. The van der Waals surface area contributed by atoms with E-state index in [1.165, 1.54) is 17.5 Å². The van der Waals surface area contributed by atoms with E-state index in [2.05, 4.69) is 25.5 Å². The van der Waals surface area contributed by atoms with E-state index in [-0.39, 0.29) is 5.91 Å². The van der Waals surface area contributed by atoms with E-state index in [1.54, 1.807) is 6.92 Å². The molecule has 0 unspecified atom stereocenters. The summed E-state index contributed by atoms with van der Waals surface area (Å²) in [7, 11) is 0. The first kappa shape index (κ1) is 11.7. The normalized spacial score (nSPS) is 10.8. The van der Waals surface area contributed by atoms with Crippen molar-refractivity contribution in [3.8, 4) is 0 Å². The number of aromatic amines is 1. The van der Waals surface area contributed by atoms with Crippen molar-refractivity contribution in [2.45, 2.75) is 26.7 Å². The molecule has 0 aliphatic carbocycles. The van der Waals surface area contributed by atoms with E-state index < -0.39 is 0 Å². The van der Waals surface area contributed by atoms with Crippen molar-refractivity contribution in [2.24, 2.45) is 0 Å². The van der Waals surface area contributed by atoms with Gasteiger partial charge in [0.15, 0.2) is 0 Å². The number of nitrogens with one attached hydrogen (secondary N) is 2. The molecule has 0 atom stereocenters. The molecule has 0 aromatic carbocycles. The van der Waals surface area contributed by atoms with Gasteiger partial charge >= 0.3 is 0 Å². The van der Waals surface area contributed by atoms with Gasteiger partial charge in [0.25, 0.3) is 5.91 Å². The third-order valence-electron chi connectivity index (χ3n) is 2.10. The van der Waals surface area contributed by atoms with Crippen LogP contribution in [0.15, 0.2) is 6.20 Å². The molecule has 90 valence electrons. The molecule has 2 heterocycles. The highest BCUT2D eigenvalue weighted by Gasteiger charge is 2.13. The SMILES string of the molecule is Cc1ncc(C(=O)Nc2nnc(C(C)C)s2)[nH]1. The van der Waals surface area contributed by atoms with Crippen molar-refractivity contribution in [1.82, 2.24) is 20.2 Å². The summed E-state index contributed by atoms with van der Waals surface area (Å²) in [5.41, 5.74) is 0.420. The van der Waals surface area contributed by atoms with Crippen molar-refractivity contribution in [1.29, 1.82) is 0 Å². The maximum absolute atomic E-state index is 11.8. The van der Waals surface area contributed by atoms with E-state index in [4.69, 9.17) is 0 Å². The van der Waals surface area contributed by atoms with E-state index in [9.17, 15) is 4.79 Å². The number of carbonyl (C=O) groups excluding carboxylic acids is 1. The third-order valence-corrected chi connectivity index (χ3v) is 3.24. The number of carbonyl (C=O) groups is 1. The molecule has 0 saturated carbocycles. The van der Waals surface area contributed by atoms with Crippen LogP contribution in [0.1, 0.15) is 41.1 Å². The molecule has 0 saturated heterocycles. The second kappa shape index (κ2) is 4.62. The molecule has 17 heavy (non-hydrogen) atoms. The molecule has 7 heteroatoms. The summed E-state index contributed by atoms with van der Waals surface area (Å²) < 4.78 is 0. The lowest BCUT2D eigenvalue weighted by Crippen LogP contribution is -2.12. The Kier molecular flexibility index (Phi) is 3.19. The predicted octanol–water partition coefficient (Wildman–Crippen LogP) is 1.95. The number of hydrogen-bond acceptors (Lipinski definition) is 5. The first-order chi connectivity index (χ1) is 8.06. The van der Waals surface area contributed by atoms with Crippen LogP contribution in [0.2, 0.25) is 0 Å².